The van der Waals surface area contributed by atoms with Crippen molar-refractivity contribution in [3.63, 3.8) is 0 Å². The van der Waals surface area contributed by atoms with Crippen molar-refractivity contribution in [1.82, 2.24) is 15.0 Å². The molecule has 1 heterocycles. The summed E-state index contributed by atoms with van der Waals surface area (Å²) in [7, 11) is 0. The van der Waals surface area contributed by atoms with Gasteiger partial charge in [0.1, 0.15) is 0 Å². The van der Waals surface area contributed by atoms with Crippen LogP contribution in [-0.4, -0.2) is 15.0 Å². The Bertz CT molecular complexity index is 2780. The second-order valence-electron chi connectivity index (χ2n) is 16.5. The molecule has 0 atom stereocenters. The van der Waals surface area contributed by atoms with Crippen molar-refractivity contribution in [2.75, 3.05) is 0 Å². The fourth-order valence-electron chi connectivity index (χ4n) is 11.0. The van der Waals surface area contributed by atoms with Gasteiger partial charge in [0.25, 0.3) is 0 Å². The fourth-order valence-corrected chi connectivity index (χ4v) is 11.0. The maximum atomic E-state index is 7.52. The molecular weight excluding hydrogens is 681 g/mol. The van der Waals surface area contributed by atoms with Gasteiger partial charge in [0, 0.05) is 22.3 Å². The largest absolute Gasteiger partial charge is 0.238 e. The van der Waals surface area contributed by atoms with E-state index in [-0.39, 0.29) is 0 Å². The van der Waals surface area contributed by atoms with Gasteiger partial charge in [-0.1, -0.05) is 152 Å². The minimum absolute atomic E-state index is 0.401. The highest BCUT2D eigenvalue weighted by Crippen LogP contribution is 2.60. The Kier molecular flexibility index (Phi) is 7.71. The van der Waals surface area contributed by atoms with Crippen LogP contribution in [0.3, 0.4) is 0 Å². The second kappa shape index (κ2) is 13.1. The van der Waals surface area contributed by atoms with Crippen molar-refractivity contribution >= 4 is 27.2 Å². The van der Waals surface area contributed by atoms with Gasteiger partial charge in [-0.2, -0.15) is 0 Å². The van der Waals surface area contributed by atoms with E-state index in [2.05, 4.69) is 132 Å². The van der Waals surface area contributed by atoms with E-state index in [9.17, 15) is 0 Å². The van der Waals surface area contributed by atoms with Crippen LogP contribution in [0, 0.1) is 24.3 Å². The summed E-state index contributed by atoms with van der Waals surface area (Å²) in [4.78, 5) is 19.3. The zero-order valence-electron chi connectivity index (χ0n) is 31.2. The van der Waals surface area contributed by atoms with Crippen LogP contribution in [0.1, 0.15) is 44.1 Å². The third-order valence-corrected chi connectivity index (χ3v) is 13.1. The predicted octanol–water partition coefficient (Wildman–Crippen LogP) is 13.5. The van der Waals surface area contributed by atoms with Gasteiger partial charge in [-0.25, -0.2) is 19.8 Å². The Labute approximate surface area is 327 Å². The highest BCUT2D eigenvalue weighted by atomic mass is 15.0. The molecule has 7 aromatic carbocycles. The van der Waals surface area contributed by atoms with Crippen LogP contribution in [0.15, 0.2) is 152 Å². The number of hydrogen-bond acceptors (Lipinski definition) is 3. The zero-order chi connectivity index (χ0) is 37.2. The molecule has 4 fully saturated rings. The Hall–Kier alpha value is -6.44. The van der Waals surface area contributed by atoms with Crippen LogP contribution >= 0.6 is 0 Å². The number of benzene rings is 7. The first-order valence-electron chi connectivity index (χ1n) is 20.1. The minimum atomic E-state index is 0.401. The first-order valence-corrected chi connectivity index (χ1v) is 20.1. The lowest BCUT2D eigenvalue weighted by Gasteiger charge is -2.57. The molecule has 0 amide bonds. The lowest BCUT2D eigenvalue weighted by Crippen LogP contribution is -2.48. The van der Waals surface area contributed by atoms with E-state index in [0.29, 0.717) is 28.6 Å². The smallest absolute Gasteiger partial charge is 0.187 e. The van der Waals surface area contributed by atoms with Gasteiger partial charge in [0.15, 0.2) is 23.2 Å². The number of aromatic nitrogens is 3. The summed E-state index contributed by atoms with van der Waals surface area (Å²) >= 11 is 0. The van der Waals surface area contributed by atoms with Crippen LogP contribution in [0.5, 0.6) is 0 Å². The van der Waals surface area contributed by atoms with Gasteiger partial charge in [0.05, 0.1) is 6.57 Å². The first-order chi connectivity index (χ1) is 27.6. The van der Waals surface area contributed by atoms with Crippen molar-refractivity contribution < 1.29 is 0 Å². The summed E-state index contributed by atoms with van der Waals surface area (Å²) in [5, 5.41) is 4.58. The predicted molar refractivity (Wildman–Crippen MR) is 228 cm³/mol. The number of fused-ring (bicyclic) bond motifs is 3. The third kappa shape index (κ3) is 5.53. The molecule has 12 rings (SSSR count). The summed E-state index contributed by atoms with van der Waals surface area (Å²) in [6, 6.07) is 53.5. The van der Waals surface area contributed by atoms with Crippen LogP contribution in [0.25, 0.3) is 82.8 Å². The lowest BCUT2D eigenvalue weighted by atomic mass is 9.48. The highest BCUT2D eigenvalue weighted by molar-refractivity contribution is 6.21. The van der Waals surface area contributed by atoms with E-state index < -0.39 is 0 Å². The molecule has 0 radical (unpaired) electrons. The molecule has 268 valence electrons. The van der Waals surface area contributed by atoms with Gasteiger partial charge in [-0.15, -0.1) is 0 Å². The number of nitrogens with zero attached hydrogens (tertiary/aromatic N) is 4. The molecule has 1 aromatic heterocycles. The first kappa shape index (κ1) is 32.9. The van der Waals surface area contributed by atoms with E-state index >= 15 is 0 Å². The molecule has 4 heteroatoms. The van der Waals surface area contributed by atoms with E-state index in [1.807, 2.05) is 24.3 Å². The van der Waals surface area contributed by atoms with Crippen molar-refractivity contribution in [3.05, 3.63) is 169 Å². The average Bonchev–Trinajstić information content (AvgIpc) is 3.26. The molecule has 4 aliphatic rings. The van der Waals surface area contributed by atoms with Gasteiger partial charge in [-0.3, -0.25) is 0 Å². The quantitative estimate of drug-likeness (QED) is 0.127. The number of hydrogen-bond donors (Lipinski definition) is 0. The van der Waals surface area contributed by atoms with E-state index in [1.54, 1.807) is 5.56 Å². The van der Waals surface area contributed by atoms with Crippen molar-refractivity contribution in [1.29, 1.82) is 0 Å². The Morgan fingerprint density at radius 1 is 0.411 bits per heavy atom. The monoisotopic (exact) mass is 720 g/mol. The van der Waals surface area contributed by atoms with Crippen LogP contribution < -0.4 is 0 Å². The fraction of sp³-hybridized carbons (Fsp3) is 0.192. The van der Waals surface area contributed by atoms with Gasteiger partial charge in [-0.05, 0) is 105 Å². The molecular formula is C52H40N4. The van der Waals surface area contributed by atoms with E-state index in [0.717, 1.165) is 61.7 Å². The van der Waals surface area contributed by atoms with Crippen LogP contribution in [0.2, 0.25) is 0 Å². The third-order valence-electron chi connectivity index (χ3n) is 13.1. The molecule has 0 unspecified atom stereocenters. The highest BCUT2D eigenvalue weighted by Gasteiger charge is 2.51. The minimum Gasteiger partial charge on any atom is -0.238 e. The molecule has 0 saturated heterocycles. The normalized spacial score (nSPS) is 21.0. The maximum absolute atomic E-state index is 7.52. The molecule has 0 spiro atoms. The maximum Gasteiger partial charge on any atom is 0.187 e. The Balaban J connectivity index is 1.04. The van der Waals surface area contributed by atoms with Gasteiger partial charge >= 0.3 is 0 Å². The summed E-state index contributed by atoms with van der Waals surface area (Å²) in [5.41, 5.74) is 9.89. The van der Waals surface area contributed by atoms with Gasteiger partial charge < -0.3 is 0 Å². The molecule has 0 N–H and O–H groups in total. The van der Waals surface area contributed by atoms with Crippen molar-refractivity contribution in [2.24, 2.45) is 17.8 Å². The van der Waals surface area contributed by atoms with Crippen molar-refractivity contribution in [3.8, 4) is 56.4 Å². The van der Waals surface area contributed by atoms with Crippen LogP contribution in [-0.2, 0) is 5.41 Å². The molecule has 4 nitrogen and oxygen atoms in total. The SMILES string of the molecule is [C-]#[N+]c1ccc(-c2nc(-c3ccc(-c4ccc(C56CC7CC(CC(C7)C5)C6)cc4)cc3)nc(-c3c(-c4ccccc4)c4ccccc4c4ccccc34)n2)cc1. The summed E-state index contributed by atoms with van der Waals surface area (Å²) in [5.74, 6) is 4.61. The Morgan fingerprint density at radius 3 is 1.38 bits per heavy atom. The molecule has 4 saturated carbocycles. The van der Waals surface area contributed by atoms with E-state index in [1.165, 1.54) is 55.0 Å². The standard InChI is InChI=1S/C52H40N4/c1-53-42-25-21-40(22-26-42)50-54-49(39-17-15-36(16-18-39)37-19-23-41(24-20-37)52-30-33-27-34(31-52)29-35(28-33)32-52)55-51(56-50)48-46-14-8-6-12-44(46)43-11-5-7-13-45(43)47(48)38-9-3-2-4-10-38/h2-26,33-35H,27-32H2. The topological polar surface area (TPSA) is 43.0 Å². The van der Waals surface area contributed by atoms with E-state index in [4.69, 9.17) is 21.5 Å². The van der Waals surface area contributed by atoms with Gasteiger partial charge in [0.2, 0.25) is 0 Å². The summed E-state index contributed by atoms with van der Waals surface area (Å²) < 4.78 is 0. The molecule has 56 heavy (non-hydrogen) atoms. The van der Waals surface area contributed by atoms with Crippen LogP contribution in [0.4, 0.5) is 5.69 Å². The average molecular weight is 721 g/mol. The zero-order valence-corrected chi connectivity index (χ0v) is 31.2. The summed E-state index contributed by atoms with van der Waals surface area (Å²) in [6.07, 6.45) is 8.55. The second-order valence-corrected chi connectivity index (χ2v) is 16.5. The lowest BCUT2D eigenvalue weighted by molar-refractivity contribution is -0.00518. The molecule has 8 aromatic rings. The molecule has 0 aliphatic heterocycles. The summed E-state index contributed by atoms with van der Waals surface area (Å²) in [6.45, 7) is 7.52. The molecule has 4 bridgehead atoms. The Morgan fingerprint density at radius 2 is 0.839 bits per heavy atom. The number of rotatable bonds is 6. The molecule has 4 aliphatic carbocycles. The van der Waals surface area contributed by atoms with Crippen molar-refractivity contribution in [2.45, 2.75) is 43.9 Å².